The number of nitrogens with one attached hydrogen (secondary N) is 1. The van der Waals surface area contributed by atoms with E-state index in [0.717, 1.165) is 5.56 Å². The fraction of sp³-hybridized carbons (Fsp3) is 0.263. The maximum atomic E-state index is 12.2. The van der Waals surface area contributed by atoms with E-state index in [-0.39, 0.29) is 5.91 Å². The van der Waals surface area contributed by atoms with Crippen molar-refractivity contribution in [1.29, 1.82) is 0 Å². The summed E-state index contributed by atoms with van der Waals surface area (Å²) < 4.78 is 5.48. The number of oxime groups is 1. The van der Waals surface area contributed by atoms with Gasteiger partial charge in [0.15, 0.2) is 0 Å². The molecule has 0 saturated carbocycles. The summed E-state index contributed by atoms with van der Waals surface area (Å²) in [4.78, 5) is 17.5. The molecule has 0 radical (unpaired) electrons. The standard InChI is InChI=1S/C19H23N3O3/c1-3-24-17-12-8-7-11-16(17)21-19(23)14(2)25-22-18(20)13-15-9-5-4-6-10-15/h4-12,14H,3,13H2,1-2H3,(H2,20,22)(H,21,23). The molecule has 2 rings (SSSR count). The van der Waals surface area contributed by atoms with Gasteiger partial charge in [-0.2, -0.15) is 0 Å². The quantitative estimate of drug-likeness (QED) is 0.439. The normalized spacial score (nSPS) is 12.3. The van der Waals surface area contributed by atoms with Crippen LogP contribution in [0.5, 0.6) is 5.75 Å². The average Bonchev–Trinajstić information content (AvgIpc) is 2.62. The summed E-state index contributed by atoms with van der Waals surface area (Å²) in [6, 6.07) is 16.9. The Morgan fingerprint density at radius 2 is 1.84 bits per heavy atom. The SMILES string of the molecule is CCOc1ccccc1NC(=O)C(C)O/N=C(/N)Cc1ccccc1. The number of hydrogen-bond acceptors (Lipinski definition) is 4. The smallest absolute Gasteiger partial charge is 0.268 e. The number of hydrogen-bond donors (Lipinski definition) is 2. The molecule has 0 spiro atoms. The van der Waals surface area contributed by atoms with Crippen LogP contribution < -0.4 is 15.8 Å². The molecule has 2 aromatic carbocycles. The van der Waals surface area contributed by atoms with Gasteiger partial charge in [-0.25, -0.2) is 0 Å². The Kier molecular flexibility index (Phi) is 6.83. The maximum absolute atomic E-state index is 12.2. The summed E-state index contributed by atoms with van der Waals surface area (Å²) >= 11 is 0. The average molecular weight is 341 g/mol. The van der Waals surface area contributed by atoms with E-state index in [4.69, 9.17) is 15.3 Å². The first kappa shape index (κ1) is 18.3. The van der Waals surface area contributed by atoms with Gasteiger partial charge in [0.1, 0.15) is 11.6 Å². The number of amidine groups is 1. The Morgan fingerprint density at radius 1 is 1.16 bits per heavy atom. The first-order valence-electron chi connectivity index (χ1n) is 8.15. The lowest BCUT2D eigenvalue weighted by Crippen LogP contribution is -2.28. The van der Waals surface area contributed by atoms with Crippen molar-refractivity contribution >= 4 is 17.4 Å². The Bertz CT molecular complexity index is 717. The highest BCUT2D eigenvalue weighted by atomic mass is 16.6. The highest BCUT2D eigenvalue weighted by Gasteiger charge is 2.16. The van der Waals surface area contributed by atoms with E-state index in [1.54, 1.807) is 19.1 Å². The van der Waals surface area contributed by atoms with Crippen molar-refractivity contribution in [3.8, 4) is 5.75 Å². The van der Waals surface area contributed by atoms with E-state index in [1.807, 2.05) is 49.4 Å². The second-order valence-electron chi connectivity index (χ2n) is 5.41. The molecule has 132 valence electrons. The molecule has 1 amide bonds. The molecule has 0 aliphatic carbocycles. The van der Waals surface area contributed by atoms with Gasteiger partial charge in [0, 0.05) is 6.42 Å². The highest BCUT2D eigenvalue weighted by Crippen LogP contribution is 2.23. The third-order valence-corrected chi connectivity index (χ3v) is 3.37. The van der Waals surface area contributed by atoms with Crippen LogP contribution >= 0.6 is 0 Å². The summed E-state index contributed by atoms with van der Waals surface area (Å²) in [6.07, 6.45) is -0.327. The summed E-state index contributed by atoms with van der Waals surface area (Å²) in [5, 5.41) is 6.61. The number of ether oxygens (including phenoxy) is 1. The first-order valence-corrected chi connectivity index (χ1v) is 8.15. The van der Waals surface area contributed by atoms with Crippen LogP contribution in [-0.4, -0.2) is 24.5 Å². The molecule has 6 heteroatoms. The lowest BCUT2D eigenvalue weighted by atomic mass is 10.1. The summed E-state index contributed by atoms with van der Waals surface area (Å²) in [6.45, 7) is 4.01. The zero-order chi connectivity index (χ0) is 18.1. The predicted molar refractivity (Wildman–Crippen MR) is 98.6 cm³/mol. The van der Waals surface area contributed by atoms with Crippen LogP contribution in [0.1, 0.15) is 19.4 Å². The van der Waals surface area contributed by atoms with Gasteiger partial charge in [-0.3, -0.25) is 4.79 Å². The van der Waals surface area contributed by atoms with E-state index < -0.39 is 6.10 Å². The first-order chi connectivity index (χ1) is 12.1. The minimum atomic E-state index is -0.788. The minimum Gasteiger partial charge on any atom is -0.492 e. The molecule has 2 aromatic rings. The number of anilines is 1. The van der Waals surface area contributed by atoms with Crippen LogP contribution in [0, 0.1) is 0 Å². The van der Waals surface area contributed by atoms with Crippen LogP contribution in [0.2, 0.25) is 0 Å². The predicted octanol–water partition coefficient (Wildman–Crippen LogP) is 2.94. The summed E-state index contributed by atoms with van der Waals surface area (Å²) in [5.74, 6) is 0.585. The molecule has 0 aliphatic heterocycles. The monoisotopic (exact) mass is 341 g/mol. The molecule has 3 N–H and O–H groups in total. The summed E-state index contributed by atoms with van der Waals surface area (Å²) in [5.41, 5.74) is 7.46. The van der Waals surface area contributed by atoms with E-state index in [2.05, 4.69) is 10.5 Å². The second-order valence-corrected chi connectivity index (χ2v) is 5.41. The van der Waals surface area contributed by atoms with E-state index in [1.165, 1.54) is 0 Å². The number of benzene rings is 2. The van der Waals surface area contributed by atoms with Crippen LogP contribution in [0.3, 0.4) is 0 Å². The van der Waals surface area contributed by atoms with Gasteiger partial charge in [0.25, 0.3) is 5.91 Å². The van der Waals surface area contributed by atoms with Crippen molar-refractivity contribution in [2.45, 2.75) is 26.4 Å². The lowest BCUT2D eigenvalue weighted by Gasteiger charge is -2.14. The minimum absolute atomic E-state index is 0.306. The largest absolute Gasteiger partial charge is 0.492 e. The molecule has 0 fully saturated rings. The molecule has 0 heterocycles. The molecular weight excluding hydrogens is 318 g/mol. The van der Waals surface area contributed by atoms with E-state index in [9.17, 15) is 4.79 Å². The van der Waals surface area contributed by atoms with Gasteiger partial charge in [-0.1, -0.05) is 47.6 Å². The third kappa shape index (κ3) is 5.84. The molecule has 0 aliphatic rings. The number of amides is 1. The van der Waals surface area contributed by atoms with Crippen molar-refractivity contribution in [3.05, 3.63) is 60.2 Å². The van der Waals surface area contributed by atoms with E-state index >= 15 is 0 Å². The van der Waals surface area contributed by atoms with Gasteiger partial charge in [0.05, 0.1) is 12.3 Å². The molecule has 0 bridgehead atoms. The molecular formula is C19H23N3O3. The van der Waals surface area contributed by atoms with Gasteiger partial charge in [-0.05, 0) is 31.5 Å². The second kappa shape index (κ2) is 9.32. The Labute approximate surface area is 147 Å². The third-order valence-electron chi connectivity index (χ3n) is 3.37. The van der Waals surface area contributed by atoms with Crippen LogP contribution in [-0.2, 0) is 16.1 Å². The van der Waals surface area contributed by atoms with Crippen molar-refractivity contribution in [2.75, 3.05) is 11.9 Å². The topological polar surface area (TPSA) is 85.9 Å². The zero-order valence-corrected chi connectivity index (χ0v) is 14.4. The lowest BCUT2D eigenvalue weighted by molar-refractivity contribution is -0.126. The zero-order valence-electron chi connectivity index (χ0n) is 14.4. The van der Waals surface area contributed by atoms with Gasteiger partial charge >= 0.3 is 0 Å². The summed E-state index contributed by atoms with van der Waals surface area (Å²) in [7, 11) is 0. The van der Waals surface area contributed by atoms with Gasteiger partial charge < -0.3 is 20.6 Å². The molecule has 0 aromatic heterocycles. The van der Waals surface area contributed by atoms with Crippen LogP contribution in [0.25, 0.3) is 0 Å². The number of carbonyl (C=O) groups is 1. The van der Waals surface area contributed by atoms with Gasteiger partial charge in [-0.15, -0.1) is 0 Å². The number of rotatable bonds is 8. The Balaban J connectivity index is 1.91. The van der Waals surface area contributed by atoms with Crippen molar-refractivity contribution in [2.24, 2.45) is 10.9 Å². The highest BCUT2D eigenvalue weighted by molar-refractivity contribution is 5.95. The molecule has 25 heavy (non-hydrogen) atoms. The van der Waals surface area contributed by atoms with Gasteiger partial charge in [0.2, 0.25) is 6.10 Å². The Hall–Kier alpha value is -3.02. The number of nitrogens with zero attached hydrogens (tertiary/aromatic N) is 1. The molecule has 1 atom stereocenters. The Morgan fingerprint density at radius 3 is 2.56 bits per heavy atom. The fourth-order valence-electron chi connectivity index (χ4n) is 2.12. The van der Waals surface area contributed by atoms with Crippen molar-refractivity contribution in [1.82, 2.24) is 0 Å². The molecule has 1 unspecified atom stereocenters. The number of para-hydroxylation sites is 2. The maximum Gasteiger partial charge on any atom is 0.268 e. The van der Waals surface area contributed by atoms with E-state index in [0.29, 0.717) is 30.3 Å². The fourth-order valence-corrected chi connectivity index (χ4v) is 2.12. The number of nitrogens with two attached hydrogens (primary N) is 1. The number of carbonyl (C=O) groups excluding carboxylic acids is 1. The van der Waals surface area contributed by atoms with Crippen molar-refractivity contribution in [3.63, 3.8) is 0 Å². The molecule has 0 saturated heterocycles. The van der Waals surface area contributed by atoms with Crippen molar-refractivity contribution < 1.29 is 14.4 Å². The molecule has 6 nitrogen and oxygen atoms in total. The van der Waals surface area contributed by atoms with Crippen LogP contribution in [0.4, 0.5) is 5.69 Å². The van der Waals surface area contributed by atoms with Crippen LogP contribution in [0.15, 0.2) is 59.8 Å².